The van der Waals surface area contributed by atoms with Crippen LogP contribution in [0, 0.1) is 0 Å². The van der Waals surface area contributed by atoms with Crippen LogP contribution in [-0.2, 0) is 0 Å². The van der Waals surface area contributed by atoms with Crippen molar-refractivity contribution < 1.29 is 27.4 Å². The van der Waals surface area contributed by atoms with Crippen molar-refractivity contribution in [3.8, 4) is 22.9 Å². The minimum Gasteiger partial charge on any atom is -0.494 e. The van der Waals surface area contributed by atoms with Gasteiger partial charge in [-0.2, -0.15) is 13.2 Å². The Bertz CT molecular complexity index is 1070. The van der Waals surface area contributed by atoms with Gasteiger partial charge in [-0.1, -0.05) is 0 Å². The van der Waals surface area contributed by atoms with Gasteiger partial charge in [0, 0.05) is 30.7 Å². The van der Waals surface area contributed by atoms with E-state index in [4.69, 9.17) is 15.2 Å². The Kier molecular flexibility index (Phi) is 5.67. The molecule has 9 nitrogen and oxygen atoms in total. The molecule has 0 unspecified atom stereocenters. The number of methoxy groups -OCH3 is 2. The van der Waals surface area contributed by atoms with Crippen LogP contribution in [0.5, 0.6) is 11.6 Å². The lowest BCUT2D eigenvalue weighted by molar-refractivity contribution is -0.178. The van der Waals surface area contributed by atoms with E-state index in [-0.39, 0.29) is 29.4 Å². The molecule has 30 heavy (non-hydrogen) atoms. The molecule has 160 valence electrons. The summed E-state index contributed by atoms with van der Waals surface area (Å²) in [6.07, 6.45) is 1.08. The number of halogens is 3. The summed E-state index contributed by atoms with van der Waals surface area (Å²) in [6, 6.07) is -2.37. The van der Waals surface area contributed by atoms with Crippen molar-refractivity contribution in [1.82, 2.24) is 24.3 Å². The summed E-state index contributed by atoms with van der Waals surface area (Å²) in [5.41, 5.74) is 5.68. The standard InChI is InChI=1S/C18H19F3N6O3/c1-4-27(17(22)28)14(18(19,20)21)11-7-10(13(29-2)8-24-11)12-9-26-6-5-23-15(26)16(25-12)30-3/h5-9,14H,4H2,1-3H3,(H2,22,28)/t14-/m0/s1. The summed E-state index contributed by atoms with van der Waals surface area (Å²) in [5.74, 6) is 0.369. The summed E-state index contributed by atoms with van der Waals surface area (Å²) in [7, 11) is 2.76. The molecule has 0 bridgehead atoms. The molecule has 2 amide bonds. The molecule has 3 aromatic rings. The normalized spacial score (nSPS) is 12.6. The van der Waals surface area contributed by atoms with Crippen LogP contribution in [0.25, 0.3) is 16.9 Å². The van der Waals surface area contributed by atoms with Gasteiger partial charge in [0.05, 0.1) is 31.8 Å². The highest BCUT2D eigenvalue weighted by atomic mass is 19.4. The number of carbonyl (C=O) groups excluding carboxylic acids is 1. The molecule has 2 N–H and O–H groups in total. The molecule has 12 heteroatoms. The predicted molar refractivity (Wildman–Crippen MR) is 100 cm³/mol. The van der Waals surface area contributed by atoms with E-state index in [1.165, 1.54) is 33.4 Å². The maximum atomic E-state index is 13.8. The van der Waals surface area contributed by atoms with E-state index in [9.17, 15) is 18.0 Å². The number of amides is 2. The number of rotatable bonds is 6. The Morgan fingerprint density at radius 2 is 2.03 bits per heavy atom. The van der Waals surface area contributed by atoms with E-state index in [2.05, 4.69) is 15.0 Å². The maximum absolute atomic E-state index is 13.8. The molecule has 0 aliphatic carbocycles. The number of urea groups is 1. The fourth-order valence-corrected chi connectivity index (χ4v) is 3.11. The maximum Gasteiger partial charge on any atom is 0.414 e. The fraction of sp³-hybridized carbons (Fsp3) is 0.333. The van der Waals surface area contributed by atoms with Crippen LogP contribution in [0.15, 0.2) is 30.9 Å². The van der Waals surface area contributed by atoms with Gasteiger partial charge in [0.15, 0.2) is 11.7 Å². The third kappa shape index (κ3) is 3.80. The van der Waals surface area contributed by atoms with Crippen molar-refractivity contribution in [2.75, 3.05) is 20.8 Å². The molecule has 0 spiro atoms. The minimum atomic E-state index is -4.80. The first-order valence-electron chi connectivity index (χ1n) is 8.76. The molecular weight excluding hydrogens is 405 g/mol. The number of nitrogens with zero attached hydrogens (tertiary/aromatic N) is 5. The second-order valence-corrected chi connectivity index (χ2v) is 6.17. The topological polar surface area (TPSA) is 108 Å². The zero-order chi connectivity index (χ0) is 22.1. The van der Waals surface area contributed by atoms with Crippen LogP contribution in [-0.4, -0.2) is 57.2 Å². The number of alkyl halides is 3. The molecule has 0 aliphatic rings. The molecule has 3 aromatic heterocycles. The van der Waals surface area contributed by atoms with Crippen LogP contribution in [0.1, 0.15) is 18.7 Å². The largest absolute Gasteiger partial charge is 0.494 e. The molecule has 0 saturated carbocycles. The highest BCUT2D eigenvalue weighted by Gasteiger charge is 2.47. The third-order valence-electron chi connectivity index (χ3n) is 4.45. The molecule has 0 aliphatic heterocycles. The SMILES string of the molecule is CCN(C(N)=O)[C@@H](c1cc(-c2cn3ccnc3c(OC)n2)c(OC)cn1)C(F)(F)F. The Morgan fingerprint density at radius 1 is 1.30 bits per heavy atom. The van der Waals surface area contributed by atoms with Gasteiger partial charge in [0.1, 0.15) is 5.75 Å². The van der Waals surface area contributed by atoms with Crippen LogP contribution in [0.3, 0.4) is 0 Å². The number of hydrogen-bond acceptors (Lipinski definition) is 6. The molecule has 0 radical (unpaired) electrons. The highest BCUT2D eigenvalue weighted by molar-refractivity contribution is 5.73. The van der Waals surface area contributed by atoms with Crippen molar-refractivity contribution in [3.05, 3.63) is 36.5 Å². The van der Waals surface area contributed by atoms with E-state index < -0.39 is 23.9 Å². The van der Waals surface area contributed by atoms with Crippen LogP contribution >= 0.6 is 0 Å². The van der Waals surface area contributed by atoms with E-state index in [0.29, 0.717) is 10.5 Å². The summed E-state index contributed by atoms with van der Waals surface area (Å²) < 4.78 is 53.6. The fourth-order valence-electron chi connectivity index (χ4n) is 3.11. The van der Waals surface area contributed by atoms with Gasteiger partial charge in [-0.15, -0.1) is 0 Å². The minimum absolute atomic E-state index is 0.178. The van der Waals surface area contributed by atoms with Crippen molar-refractivity contribution in [2.45, 2.75) is 19.1 Å². The molecule has 3 rings (SSSR count). The number of pyridine rings is 1. The van der Waals surface area contributed by atoms with Crippen molar-refractivity contribution in [3.63, 3.8) is 0 Å². The number of nitrogens with two attached hydrogens (primary N) is 1. The van der Waals surface area contributed by atoms with Gasteiger partial charge < -0.3 is 24.5 Å². The first-order valence-corrected chi connectivity index (χ1v) is 8.76. The third-order valence-corrected chi connectivity index (χ3v) is 4.45. The second kappa shape index (κ2) is 8.05. The molecule has 0 fully saturated rings. The Morgan fingerprint density at radius 3 is 2.60 bits per heavy atom. The quantitative estimate of drug-likeness (QED) is 0.652. The van der Waals surface area contributed by atoms with Gasteiger partial charge in [-0.25, -0.2) is 14.8 Å². The lowest BCUT2D eigenvalue weighted by Crippen LogP contribution is -2.45. The first-order chi connectivity index (χ1) is 14.2. The van der Waals surface area contributed by atoms with Gasteiger partial charge in [0.2, 0.25) is 0 Å². The lowest BCUT2D eigenvalue weighted by atomic mass is 10.1. The average Bonchev–Trinajstić information content (AvgIpc) is 3.18. The van der Waals surface area contributed by atoms with Gasteiger partial charge in [0.25, 0.3) is 5.88 Å². The molecular formula is C18H19F3N6O3. The van der Waals surface area contributed by atoms with E-state index in [0.717, 1.165) is 6.20 Å². The number of hydrogen-bond donors (Lipinski definition) is 1. The van der Waals surface area contributed by atoms with E-state index >= 15 is 0 Å². The monoisotopic (exact) mass is 424 g/mol. The summed E-state index contributed by atoms with van der Waals surface area (Å²) in [6.45, 7) is 1.14. The second-order valence-electron chi connectivity index (χ2n) is 6.17. The van der Waals surface area contributed by atoms with E-state index in [1.807, 2.05) is 0 Å². The summed E-state index contributed by atoms with van der Waals surface area (Å²) >= 11 is 0. The number of primary amides is 1. The number of fused-ring (bicyclic) bond motifs is 1. The lowest BCUT2D eigenvalue weighted by Gasteiger charge is -2.30. The van der Waals surface area contributed by atoms with Gasteiger partial charge in [-0.3, -0.25) is 4.98 Å². The number of ether oxygens (including phenoxy) is 2. The smallest absolute Gasteiger partial charge is 0.414 e. The van der Waals surface area contributed by atoms with Gasteiger partial charge >= 0.3 is 12.2 Å². The Labute approximate surface area is 169 Å². The van der Waals surface area contributed by atoms with Crippen molar-refractivity contribution in [2.24, 2.45) is 5.73 Å². The average molecular weight is 424 g/mol. The van der Waals surface area contributed by atoms with Crippen LogP contribution in [0.4, 0.5) is 18.0 Å². The molecule has 1 atom stereocenters. The van der Waals surface area contributed by atoms with E-state index in [1.54, 1.807) is 16.8 Å². The van der Waals surface area contributed by atoms with Crippen LogP contribution < -0.4 is 15.2 Å². The predicted octanol–water partition coefficient (Wildman–Crippen LogP) is 2.81. The first kappa shape index (κ1) is 21.1. The number of imidazole rings is 1. The zero-order valence-electron chi connectivity index (χ0n) is 16.3. The summed E-state index contributed by atoms with van der Waals surface area (Å²) in [5, 5.41) is 0. The summed E-state index contributed by atoms with van der Waals surface area (Å²) in [4.78, 5) is 24.5. The van der Waals surface area contributed by atoms with Crippen LogP contribution in [0.2, 0.25) is 0 Å². The Hall–Kier alpha value is -3.57. The van der Waals surface area contributed by atoms with Crippen molar-refractivity contribution >= 4 is 11.7 Å². The zero-order valence-corrected chi connectivity index (χ0v) is 16.3. The van der Waals surface area contributed by atoms with Crippen molar-refractivity contribution in [1.29, 1.82) is 0 Å². The molecule has 3 heterocycles. The Balaban J connectivity index is 2.22. The number of aromatic nitrogens is 4. The molecule has 0 saturated heterocycles. The molecule has 0 aromatic carbocycles. The number of carbonyl (C=O) groups is 1. The highest BCUT2D eigenvalue weighted by Crippen LogP contribution is 2.40. The van der Waals surface area contributed by atoms with Gasteiger partial charge in [-0.05, 0) is 13.0 Å².